The summed E-state index contributed by atoms with van der Waals surface area (Å²) < 4.78 is 106. The van der Waals surface area contributed by atoms with Crippen LogP contribution < -0.4 is 10.1 Å². The molecule has 5 nitrogen and oxygen atoms in total. The second-order valence-electron chi connectivity index (χ2n) is 7.71. The lowest BCUT2D eigenvalue weighted by Gasteiger charge is -2.29. The Bertz CT molecular complexity index is 1160. The maximum absolute atomic E-state index is 12.9. The number of carbonyl (C=O) groups is 1. The average Bonchev–Trinajstić information content (AvgIpc) is 2.74. The number of hydrogen-bond donors (Lipinski definition) is 1. The first-order chi connectivity index (χ1) is 15.7. The van der Waals surface area contributed by atoms with Crippen molar-refractivity contribution < 1.29 is 44.3 Å². The molecule has 0 heterocycles. The first kappa shape index (κ1) is 26.1. The van der Waals surface area contributed by atoms with Gasteiger partial charge in [0.1, 0.15) is 5.75 Å². The molecule has 0 bridgehead atoms. The highest BCUT2D eigenvalue weighted by Crippen LogP contribution is 2.34. The van der Waals surface area contributed by atoms with Crippen LogP contribution in [0.3, 0.4) is 0 Å². The fourth-order valence-corrected chi connectivity index (χ4v) is 5.67. The minimum atomic E-state index is -5.00. The average molecular weight is 530 g/mol. The monoisotopic (exact) mass is 529 g/mol. The van der Waals surface area contributed by atoms with Gasteiger partial charge in [0, 0.05) is 11.6 Å². The number of halogens is 7. The Hall–Kier alpha value is -2.47. The summed E-state index contributed by atoms with van der Waals surface area (Å²) in [7, 11) is -4.03. The fraction of sp³-hybridized carbons (Fsp3) is 0.381. The van der Waals surface area contributed by atoms with Crippen molar-refractivity contribution in [3.8, 4) is 5.75 Å². The molecule has 0 unspecified atom stereocenters. The molecule has 0 radical (unpaired) electrons. The SMILES string of the molecule is O=C(N[C@H]1CC[C@@H](S(=O)(=O)c2cccc(C(F)(F)F)c2)CC1)c1ccc(Cl)c(OC(F)(F)F)c1. The molecular weight excluding hydrogens is 512 g/mol. The summed E-state index contributed by atoms with van der Waals surface area (Å²) in [6.07, 6.45) is -9.07. The minimum absolute atomic E-state index is 0.0899. The molecule has 34 heavy (non-hydrogen) atoms. The van der Waals surface area contributed by atoms with E-state index in [9.17, 15) is 39.6 Å². The van der Waals surface area contributed by atoms with E-state index in [2.05, 4.69) is 10.1 Å². The Morgan fingerprint density at radius 2 is 1.62 bits per heavy atom. The van der Waals surface area contributed by atoms with Gasteiger partial charge >= 0.3 is 12.5 Å². The topological polar surface area (TPSA) is 72.5 Å². The number of hydrogen-bond acceptors (Lipinski definition) is 4. The van der Waals surface area contributed by atoms with Crippen LogP contribution >= 0.6 is 11.6 Å². The van der Waals surface area contributed by atoms with Gasteiger partial charge in [0.2, 0.25) is 0 Å². The van der Waals surface area contributed by atoms with Gasteiger partial charge in [-0.15, -0.1) is 13.2 Å². The lowest BCUT2D eigenvalue weighted by atomic mass is 9.94. The van der Waals surface area contributed by atoms with Crippen LogP contribution in [-0.2, 0) is 16.0 Å². The molecule has 0 aromatic heterocycles. The van der Waals surface area contributed by atoms with Crippen molar-refractivity contribution >= 4 is 27.3 Å². The smallest absolute Gasteiger partial charge is 0.404 e. The third-order valence-corrected chi connectivity index (χ3v) is 7.93. The minimum Gasteiger partial charge on any atom is -0.404 e. The predicted octanol–water partition coefficient (Wildman–Crippen LogP) is 5.77. The van der Waals surface area contributed by atoms with E-state index in [1.165, 1.54) is 6.07 Å². The summed E-state index contributed by atoms with van der Waals surface area (Å²) in [6, 6.07) is 6.19. The summed E-state index contributed by atoms with van der Waals surface area (Å²) in [5.41, 5.74) is -1.20. The van der Waals surface area contributed by atoms with Gasteiger partial charge in [0.05, 0.1) is 20.7 Å². The maximum atomic E-state index is 12.9. The summed E-state index contributed by atoms with van der Waals surface area (Å²) in [5, 5.41) is 1.36. The molecule has 1 fully saturated rings. The molecule has 1 N–H and O–H groups in total. The Morgan fingerprint density at radius 1 is 0.971 bits per heavy atom. The number of sulfone groups is 1. The molecule has 0 spiro atoms. The van der Waals surface area contributed by atoms with Gasteiger partial charge in [-0.25, -0.2) is 8.42 Å². The van der Waals surface area contributed by atoms with Gasteiger partial charge in [0.25, 0.3) is 5.91 Å². The zero-order valence-electron chi connectivity index (χ0n) is 17.2. The Kier molecular flexibility index (Phi) is 7.42. The van der Waals surface area contributed by atoms with E-state index in [0.717, 1.165) is 30.3 Å². The zero-order chi connectivity index (χ0) is 25.3. The molecule has 3 rings (SSSR count). The third-order valence-electron chi connectivity index (χ3n) is 5.36. The van der Waals surface area contributed by atoms with Crippen molar-refractivity contribution in [1.29, 1.82) is 0 Å². The molecule has 0 aliphatic heterocycles. The Balaban J connectivity index is 1.64. The lowest BCUT2D eigenvalue weighted by molar-refractivity contribution is -0.274. The van der Waals surface area contributed by atoms with Gasteiger partial charge < -0.3 is 10.1 Å². The number of nitrogens with one attached hydrogen (secondary N) is 1. The van der Waals surface area contributed by atoms with E-state index in [1.807, 2.05) is 0 Å². The second-order valence-corrected chi connectivity index (χ2v) is 10.3. The van der Waals surface area contributed by atoms with Crippen LogP contribution in [0.4, 0.5) is 26.3 Å². The molecule has 0 saturated heterocycles. The molecule has 1 aliphatic carbocycles. The highest BCUT2D eigenvalue weighted by molar-refractivity contribution is 7.92. The normalized spacial score (nSPS) is 19.5. The van der Waals surface area contributed by atoms with Crippen LogP contribution in [0.15, 0.2) is 47.4 Å². The standard InChI is InChI=1S/C21H18ClF6NO4S/c22-17-9-4-12(10-18(17)33-21(26,27)28)19(30)29-14-5-7-15(8-6-14)34(31,32)16-3-1-2-13(11-16)20(23,24)25/h1-4,9-11,14-15H,5-8H2,(H,29,30)/t14-,15+. The highest BCUT2D eigenvalue weighted by atomic mass is 35.5. The van der Waals surface area contributed by atoms with Crippen LogP contribution in [0.2, 0.25) is 5.02 Å². The van der Waals surface area contributed by atoms with Crippen molar-refractivity contribution in [2.45, 2.75) is 54.4 Å². The predicted molar refractivity (Wildman–Crippen MR) is 110 cm³/mol. The molecule has 1 aliphatic rings. The van der Waals surface area contributed by atoms with E-state index in [0.29, 0.717) is 6.07 Å². The van der Waals surface area contributed by atoms with Crippen molar-refractivity contribution in [1.82, 2.24) is 5.32 Å². The molecule has 0 atom stereocenters. The molecule has 1 saturated carbocycles. The number of rotatable bonds is 5. The largest absolute Gasteiger partial charge is 0.573 e. The van der Waals surface area contributed by atoms with Gasteiger partial charge in [-0.2, -0.15) is 13.2 Å². The van der Waals surface area contributed by atoms with Gasteiger partial charge in [0.15, 0.2) is 9.84 Å². The number of amides is 1. The number of carbonyl (C=O) groups excluding carboxylic acids is 1. The van der Waals surface area contributed by atoms with Crippen molar-refractivity contribution in [2.24, 2.45) is 0 Å². The first-order valence-electron chi connectivity index (χ1n) is 9.94. The van der Waals surface area contributed by atoms with Crippen LogP contribution in [0.1, 0.15) is 41.6 Å². The summed E-state index contributed by atoms with van der Waals surface area (Å²) in [4.78, 5) is 12.0. The highest BCUT2D eigenvalue weighted by Gasteiger charge is 2.36. The van der Waals surface area contributed by atoms with Crippen molar-refractivity contribution in [2.75, 3.05) is 0 Å². The van der Waals surface area contributed by atoms with E-state index in [-0.39, 0.29) is 36.3 Å². The Morgan fingerprint density at radius 3 is 2.21 bits per heavy atom. The first-order valence-corrected chi connectivity index (χ1v) is 11.9. The quantitative estimate of drug-likeness (QED) is 0.499. The van der Waals surface area contributed by atoms with Crippen LogP contribution in [0.25, 0.3) is 0 Å². The third kappa shape index (κ3) is 6.35. The van der Waals surface area contributed by atoms with Gasteiger partial charge in [-0.3, -0.25) is 4.79 Å². The number of benzene rings is 2. The maximum Gasteiger partial charge on any atom is 0.573 e. The van der Waals surface area contributed by atoms with Gasteiger partial charge in [-0.1, -0.05) is 17.7 Å². The molecular formula is C21H18ClF6NO4S. The number of alkyl halides is 6. The lowest BCUT2D eigenvalue weighted by Crippen LogP contribution is -2.40. The van der Waals surface area contributed by atoms with E-state index in [4.69, 9.17) is 11.6 Å². The van der Waals surface area contributed by atoms with E-state index in [1.54, 1.807) is 0 Å². The van der Waals surface area contributed by atoms with E-state index >= 15 is 0 Å². The van der Waals surface area contributed by atoms with Gasteiger partial charge in [-0.05, 0) is 62.1 Å². The summed E-state index contributed by atoms with van der Waals surface area (Å²) >= 11 is 5.67. The van der Waals surface area contributed by atoms with Crippen molar-refractivity contribution in [3.63, 3.8) is 0 Å². The molecule has 1 amide bonds. The van der Waals surface area contributed by atoms with Crippen LogP contribution in [0, 0.1) is 0 Å². The Labute approximate surface area is 196 Å². The summed E-state index contributed by atoms with van der Waals surface area (Å²) in [5.74, 6) is -1.44. The molecule has 186 valence electrons. The second kappa shape index (κ2) is 9.65. The van der Waals surface area contributed by atoms with Crippen LogP contribution in [-0.4, -0.2) is 32.0 Å². The molecule has 13 heteroatoms. The molecule has 2 aromatic rings. The number of ether oxygens (including phenoxy) is 1. The zero-order valence-corrected chi connectivity index (χ0v) is 18.8. The molecule has 2 aromatic carbocycles. The van der Waals surface area contributed by atoms with Crippen LogP contribution in [0.5, 0.6) is 5.75 Å². The fourth-order valence-electron chi connectivity index (χ4n) is 3.68. The summed E-state index contributed by atoms with van der Waals surface area (Å²) in [6.45, 7) is 0. The van der Waals surface area contributed by atoms with E-state index < -0.39 is 55.8 Å². The van der Waals surface area contributed by atoms with Crippen molar-refractivity contribution in [3.05, 3.63) is 58.6 Å².